The largest absolute Gasteiger partial charge is 0.484 e. The zero-order chi connectivity index (χ0) is 25.5. The van der Waals surface area contributed by atoms with Crippen molar-refractivity contribution in [1.82, 2.24) is 10.2 Å². The van der Waals surface area contributed by atoms with Gasteiger partial charge in [0.1, 0.15) is 11.8 Å². The van der Waals surface area contributed by atoms with Crippen molar-refractivity contribution < 1.29 is 14.3 Å². The number of likely N-dealkylation sites (N-methyl/N-ethyl adjacent to an activating group) is 1. The van der Waals surface area contributed by atoms with Gasteiger partial charge in [-0.1, -0.05) is 75.5 Å². The van der Waals surface area contributed by atoms with Gasteiger partial charge >= 0.3 is 0 Å². The third-order valence-corrected chi connectivity index (χ3v) is 7.48. The van der Waals surface area contributed by atoms with Crippen molar-refractivity contribution in [3.63, 3.8) is 0 Å². The highest BCUT2D eigenvalue weighted by atomic mass is 79.9. The van der Waals surface area contributed by atoms with Gasteiger partial charge in [0.2, 0.25) is 5.91 Å². The lowest BCUT2D eigenvalue weighted by molar-refractivity contribution is -0.142. The zero-order valence-corrected chi connectivity index (χ0v) is 22.9. The Morgan fingerprint density at radius 2 is 1.69 bits per heavy atom. The third-order valence-electron chi connectivity index (χ3n) is 5.65. The second kappa shape index (κ2) is 12.4. The number of carbonyl (C=O) groups is 2. The van der Waals surface area contributed by atoms with Crippen LogP contribution in [0.2, 0.25) is 10.0 Å². The van der Waals surface area contributed by atoms with E-state index < -0.39 is 6.04 Å². The molecule has 0 aliphatic heterocycles. The minimum absolute atomic E-state index is 0.126. The van der Waals surface area contributed by atoms with E-state index in [1.165, 1.54) is 4.90 Å². The van der Waals surface area contributed by atoms with Gasteiger partial charge in [-0.25, -0.2) is 0 Å². The van der Waals surface area contributed by atoms with Crippen LogP contribution in [0.5, 0.6) is 5.75 Å². The number of nitrogens with zero attached hydrogens (tertiary/aromatic N) is 1. The standard InChI is InChI=1S/C27H27BrCl2N2O3/c1-17-11-22(12-18(2)26(17)28)35-16-25(33)32(15-20-9-10-21(29)14-23(20)30)24(27(34)31-3)13-19-7-5-4-6-8-19/h4-12,14,24H,13,15-16H2,1-3H3,(H,31,34)/t24-/m1/s1. The lowest BCUT2D eigenvalue weighted by Crippen LogP contribution is -2.51. The van der Waals surface area contributed by atoms with E-state index in [0.29, 0.717) is 27.8 Å². The molecule has 0 aliphatic carbocycles. The first-order valence-corrected chi connectivity index (χ1v) is 12.6. The van der Waals surface area contributed by atoms with Crippen LogP contribution in [0.15, 0.2) is 65.1 Å². The molecule has 0 saturated carbocycles. The highest BCUT2D eigenvalue weighted by Crippen LogP contribution is 2.27. The molecular weight excluding hydrogens is 551 g/mol. The highest BCUT2D eigenvalue weighted by molar-refractivity contribution is 9.10. The summed E-state index contributed by atoms with van der Waals surface area (Å²) in [6.07, 6.45) is 0.341. The van der Waals surface area contributed by atoms with Gasteiger partial charge in [0.05, 0.1) is 0 Å². The van der Waals surface area contributed by atoms with Gasteiger partial charge in [-0.2, -0.15) is 0 Å². The SMILES string of the molecule is CNC(=O)[C@@H](Cc1ccccc1)N(Cc1ccc(Cl)cc1Cl)C(=O)COc1cc(C)c(Br)c(C)c1. The van der Waals surface area contributed by atoms with Gasteiger partial charge in [0, 0.05) is 34.5 Å². The minimum atomic E-state index is -0.765. The van der Waals surface area contributed by atoms with Gasteiger partial charge in [-0.15, -0.1) is 0 Å². The lowest BCUT2D eigenvalue weighted by atomic mass is 10.0. The van der Waals surface area contributed by atoms with E-state index in [0.717, 1.165) is 21.2 Å². The molecule has 0 bridgehead atoms. The maximum Gasteiger partial charge on any atom is 0.261 e. The summed E-state index contributed by atoms with van der Waals surface area (Å²) in [5, 5.41) is 3.61. The molecule has 0 radical (unpaired) electrons. The Morgan fingerprint density at radius 1 is 1.03 bits per heavy atom. The maximum absolute atomic E-state index is 13.5. The topological polar surface area (TPSA) is 58.6 Å². The van der Waals surface area contributed by atoms with E-state index in [-0.39, 0.29) is 25.0 Å². The number of rotatable bonds is 9. The Morgan fingerprint density at radius 3 is 2.29 bits per heavy atom. The number of aryl methyl sites for hydroxylation is 2. The van der Waals surface area contributed by atoms with Crippen LogP contribution in [0.3, 0.4) is 0 Å². The maximum atomic E-state index is 13.5. The van der Waals surface area contributed by atoms with Crippen molar-refractivity contribution in [3.8, 4) is 5.75 Å². The molecule has 8 heteroatoms. The molecule has 3 rings (SSSR count). The summed E-state index contributed by atoms with van der Waals surface area (Å²) in [5.74, 6) is -0.0260. The second-order valence-electron chi connectivity index (χ2n) is 8.24. The summed E-state index contributed by atoms with van der Waals surface area (Å²) in [6.45, 7) is 3.82. The highest BCUT2D eigenvalue weighted by Gasteiger charge is 2.30. The fourth-order valence-electron chi connectivity index (χ4n) is 3.77. The quantitative estimate of drug-likeness (QED) is 0.332. The van der Waals surface area contributed by atoms with Gasteiger partial charge in [0.25, 0.3) is 5.91 Å². The molecular formula is C27H27BrCl2N2O3. The monoisotopic (exact) mass is 576 g/mol. The predicted molar refractivity (Wildman–Crippen MR) is 144 cm³/mol. The van der Waals surface area contributed by atoms with Gasteiger partial charge in [-0.05, 0) is 60.4 Å². The molecule has 184 valence electrons. The first kappa shape index (κ1) is 27.1. The number of hydrogen-bond donors (Lipinski definition) is 1. The molecule has 5 nitrogen and oxygen atoms in total. The second-order valence-corrected chi connectivity index (χ2v) is 9.87. The van der Waals surface area contributed by atoms with Crippen LogP contribution >= 0.6 is 39.1 Å². The van der Waals surface area contributed by atoms with Crippen molar-refractivity contribution in [2.45, 2.75) is 32.9 Å². The molecule has 35 heavy (non-hydrogen) atoms. The van der Waals surface area contributed by atoms with E-state index in [1.807, 2.05) is 56.3 Å². The number of amides is 2. The molecule has 0 aliphatic rings. The molecule has 0 heterocycles. The van der Waals surface area contributed by atoms with Crippen LogP contribution in [0.4, 0.5) is 0 Å². The van der Waals surface area contributed by atoms with E-state index in [4.69, 9.17) is 27.9 Å². The fraction of sp³-hybridized carbons (Fsp3) is 0.259. The Kier molecular flexibility index (Phi) is 9.61. The van der Waals surface area contributed by atoms with E-state index >= 15 is 0 Å². The van der Waals surface area contributed by atoms with Crippen molar-refractivity contribution in [3.05, 3.63) is 97.4 Å². The van der Waals surface area contributed by atoms with Crippen LogP contribution in [0.25, 0.3) is 0 Å². The summed E-state index contributed by atoms with van der Waals surface area (Å²) >= 11 is 16.0. The summed E-state index contributed by atoms with van der Waals surface area (Å²) in [4.78, 5) is 28.0. The number of benzene rings is 3. The van der Waals surface area contributed by atoms with Crippen molar-refractivity contribution in [2.24, 2.45) is 0 Å². The summed E-state index contributed by atoms with van der Waals surface area (Å²) < 4.78 is 6.87. The van der Waals surface area contributed by atoms with Gasteiger partial charge in [-0.3, -0.25) is 9.59 Å². The van der Waals surface area contributed by atoms with Crippen molar-refractivity contribution in [2.75, 3.05) is 13.7 Å². The molecule has 1 N–H and O–H groups in total. The lowest BCUT2D eigenvalue weighted by Gasteiger charge is -2.31. The Bertz CT molecular complexity index is 1180. The van der Waals surface area contributed by atoms with Gasteiger partial charge in [0.15, 0.2) is 6.61 Å². The first-order chi connectivity index (χ1) is 16.7. The fourth-order valence-corrected chi connectivity index (χ4v) is 4.47. The average molecular weight is 578 g/mol. The molecule has 0 spiro atoms. The van der Waals surface area contributed by atoms with Crippen LogP contribution in [0.1, 0.15) is 22.3 Å². The molecule has 0 unspecified atom stereocenters. The smallest absolute Gasteiger partial charge is 0.261 e. The molecule has 0 aromatic heterocycles. The van der Waals surface area contributed by atoms with Crippen molar-refractivity contribution >= 4 is 50.9 Å². The van der Waals surface area contributed by atoms with Crippen LogP contribution in [0, 0.1) is 13.8 Å². The third kappa shape index (κ3) is 7.23. The molecule has 0 saturated heterocycles. The molecule has 0 fully saturated rings. The Hall–Kier alpha value is -2.54. The van der Waals surface area contributed by atoms with Crippen LogP contribution in [-0.4, -0.2) is 36.4 Å². The molecule has 1 atom stereocenters. The normalized spacial score (nSPS) is 11.6. The van der Waals surface area contributed by atoms with Gasteiger partial charge < -0.3 is 15.0 Å². The van der Waals surface area contributed by atoms with Crippen LogP contribution < -0.4 is 10.1 Å². The summed E-state index contributed by atoms with van der Waals surface area (Å²) in [6, 6.07) is 17.6. The number of carbonyl (C=O) groups excluding carboxylic acids is 2. The average Bonchev–Trinajstić information content (AvgIpc) is 2.84. The number of nitrogens with one attached hydrogen (secondary N) is 1. The summed E-state index contributed by atoms with van der Waals surface area (Å²) in [7, 11) is 1.56. The Balaban J connectivity index is 1.91. The van der Waals surface area contributed by atoms with E-state index in [1.54, 1.807) is 25.2 Å². The number of ether oxygens (including phenoxy) is 1. The summed E-state index contributed by atoms with van der Waals surface area (Å²) in [5.41, 5.74) is 3.62. The Labute approximate surface area is 224 Å². The van der Waals surface area contributed by atoms with Crippen LogP contribution in [-0.2, 0) is 22.6 Å². The van der Waals surface area contributed by atoms with Crippen molar-refractivity contribution in [1.29, 1.82) is 0 Å². The zero-order valence-electron chi connectivity index (χ0n) is 19.8. The molecule has 3 aromatic carbocycles. The minimum Gasteiger partial charge on any atom is -0.484 e. The molecule has 3 aromatic rings. The number of hydrogen-bond acceptors (Lipinski definition) is 3. The molecule has 2 amide bonds. The van der Waals surface area contributed by atoms with E-state index in [2.05, 4.69) is 21.2 Å². The number of halogens is 3. The first-order valence-electron chi connectivity index (χ1n) is 11.1. The van der Waals surface area contributed by atoms with E-state index in [9.17, 15) is 9.59 Å². The predicted octanol–water partition coefficient (Wildman–Crippen LogP) is 6.14.